The molecular weight excluding hydrogens is 189 g/mol. The average Bonchev–Trinajstić information content (AvgIpc) is 2.33. The summed E-state index contributed by atoms with van der Waals surface area (Å²) in [4.78, 5) is 1.92. The molecule has 11 heavy (non-hydrogen) atoms. The van der Waals surface area contributed by atoms with E-state index in [9.17, 15) is 0 Å². The molecule has 1 aliphatic rings. The molecule has 0 unspecified atom stereocenters. The molecule has 0 saturated carbocycles. The molecule has 1 fully saturated rings. The first-order valence-corrected chi connectivity index (χ1v) is 4.16. The minimum atomic E-state index is 0. The van der Waals surface area contributed by atoms with Gasteiger partial charge in [-0.25, -0.2) is 0 Å². The van der Waals surface area contributed by atoms with E-state index in [1.54, 1.807) is 0 Å². The Morgan fingerprint density at radius 1 is 1.73 bits per heavy atom. The SMILES string of the molecule is OC[C@H]1CCCN1C(=S)[S-].[Na+]. The van der Waals surface area contributed by atoms with E-state index in [2.05, 4.69) is 0 Å². The second-order valence-electron chi connectivity index (χ2n) is 2.44. The minimum Gasteiger partial charge on any atom is -0.411 e. The molecule has 0 amide bonds. The summed E-state index contributed by atoms with van der Waals surface area (Å²) in [6, 6.07) is 0.199. The smallest absolute Gasteiger partial charge is 0.411 e. The third kappa shape index (κ3) is 3.13. The Kier molecular flexibility index (Phi) is 6.22. The monoisotopic (exact) mass is 199 g/mol. The number of likely N-dealkylation sites (tertiary alicyclic amines) is 1. The largest absolute Gasteiger partial charge is 1.00 e. The van der Waals surface area contributed by atoms with Crippen LogP contribution in [0.1, 0.15) is 12.8 Å². The van der Waals surface area contributed by atoms with E-state index in [1.807, 2.05) is 4.90 Å². The van der Waals surface area contributed by atoms with Crippen molar-refractivity contribution in [2.24, 2.45) is 0 Å². The Hall–Kier alpha value is 1.07. The van der Waals surface area contributed by atoms with Crippen LogP contribution in [0.15, 0.2) is 0 Å². The van der Waals surface area contributed by atoms with E-state index in [-0.39, 0.29) is 42.2 Å². The molecule has 1 N–H and O–H groups in total. The van der Waals surface area contributed by atoms with Gasteiger partial charge < -0.3 is 34.9 Å². The van der Waals surface area contributed by atoms with Crippen LogP contribution in [-0.2, 0) is 12.6 Å². The second kappa shape index (κ2) is 5.67. The molecule has 0 bridgehead atoms. The summed E-state index contributed by atoms with van der Waals surface area (Å²) >= 11 is 9.66. The third-order valence-electron chi connectivity index (χ3n) is 1.82. The fourth-order valence-electron chi connectivity index (χ4n) is 1.27. The van der Waals surface area contributed by atoms with Crippen LogP contribution in [0.3, 0.4) is 0 Å². The van der Waals surface area contributed by atoms with Crippen LogP contribution in [0.5, 0.6) is 0 Å². The molecule has 1 saturated heterocycles. The van der Waals surface area contributed by atoms with E-state index >= 15 is 0 Å². The number of thiocarbonyl (C=S) groups is 1. The van der Waals surface area contributed by atoms with Crippen molar-refractivity contribution in [3.63, 3.8) is 0 Å². The Morgan fingerprint density at radius 2 is 2.36 bits per heavy atom. The predicted molar refractivity (Wildman–Crippen MR) is 46.8 cm³/mol. The van der Waals surface area contributed by atoms with Crippen molar-refractivity contribution in [2.45, 2.75) is 18.9 Å². The van der Waals surface area contributed by atoms with Crippen LogP contribution in [0.2, 0.25) is 0 Å². The Bertz CT molecular complexity index is 145. The van der Waals surface area contributed by atoms with Gasteiger partial charge in [0.2, 0.25) is 0 Å². The number of aliphatic hydroxyl groups is 1. The molecular formula is C6H10NNaOS2. The van der Waals surface area contributed by atoms with E-state index in [0.29, 0.717) is 4.32 Å². The van der Waals surface area contributed by atoms with Crippen LogP contribution in [0, 0.1) is 0 Å². The molecule has 2 nitrogen and oxygen atoms in total. The van der Waals surface area contributed by atoms with Gasteiger partial charge in [-0.3, -0.25) is 0 Å². The molecule has 0 aromatic heterocycles. The number of aliphatic hydroxyl groups excluding tert-OH is 1. The number of hydrogen-bond donors (Lipinski definition) is 1. The molecule has 0 aliphatic carbocycles. The van der Waals surface area contributed by atoms with Crippen molar-refractivity contribution in [1.82, 2.24) is 4.90 Å². The van der Waals surface area contributed by atoms with Gasteiger partial charge >= 0.3 is 29.6 Å². The molecule has 0 spiro atoms. The zero-order chi connectivity index (χ0) is 7.56. The maximum absolute atomic E-state index is 8.84. The van der Waals surface area contributed by atoms with Crippen LogP contribution < -0.4 is 29.6 Å². The van der Waals surface area contributed by atoms with Crippen molar-refractivity contribution in [2.75, 3.05) is 13.2 Å². The molecule has 0 radical (unpaired) electrons. The summed E-state index contributed by atoms with van der Waals surface area (Å²) in [5, 5.41) is 8.84. The molecule has 1 aliphatic heterocycles. The van der Waals surface area contributed by atoms with Crippen molar-refractivity contribution in [3.05, 3.63) is 0 Å². The summed E-state index contributed by atoms with van der Waals surface area (Å²) in [7, 11) is 0. The Balaban J connectivity index is 0.000001000. The van der Waals surface area contributed by atoms with Crippen molar-refractivity contribution >= 4 is 29.2 Å². The average molecular weight is 199 g/mol. The molecule has 58 valence electrons. The van der Waals surface area contributed by atoms with Gasteiger partial charge in [0.25, 0.3) is 0 Å². The third-order valence-corrected chi connectivity index (χ3v) is 2.29. The van der Waals surface area contributed by atoms with Crippen molar-refractivity contribution in [3.8, 4) is 0 Å². The summed E-state index contributed by atoms with van der Waals surface area (Å²) < 4.78 is 0.497. The first-order chi connectivity index (χ1) is 4.75. The van der Waals surface area contributed by atoms with Gasteiger partial charge in [0.1, 0.15) is 0 Å². The Morgan fingerprint density at radius 3 is 2.73 bits per heavy atom. The van der Waals surface area contributed by atoms with Crippen molar-refractivity contribution in [1.29, 1.82) is 0 Å². The van der Waals surface area contributed by atoms with Crippen LogP contribution in [0.4, 0.5) is 0 Å². The van der Waals surface area contributed by atoms with Crippen LogP contribution in [-0.4, -0.2) is 33.5 Å². The zero-order valence-corrected chi connectivity index (χ0v) is 10.2. The number of rotatable bonds is 1. The maximum atomic E-state index is 8.84. The van der Waals surface area contributed by atoms with E-state index in [0.717, 1.165) is 19.4 Å². The van der Waals surface area contributed by atoms with Gasteiger partial charge in [-0.15, -0.1) is 0 Å². The van der Waals surface area contributed by atoms with Gasteiger partial charge in [0.05, 0.1) is 12.6 Å². The molecule has 1 heterocycles. The quantitative estimate of drug-likeness (QED) is 0.282. The van der Waals surface area contributed by atoms with Gasteiger partial charge in [0, 0.05) is 6.54 Å². The van der Waals surface area contributed by atoms with Crippen LogP contribution in [0.25, 0.3) is 0 Å². The zero-order valence-electron chi connectivity index (χ0n) is 6.62. The molecule has 1 atom stereocenters. The molecule has 0 aromatic carbocycles. The van der Waals surface area contributed by atoms with Gasteiger partial charge in [-0.1, -0.05) is 4.32 Å². The summed E-state index contributed by atoms with van der Waals surface area (Å²) in [6.45, 7) is 1.10. The van der Waals surface area contributed by atoms with Gasteiger partial charge in [-0.2, -0.15) is 0 Å². The first kappa shape index (κ1) is 12.1. The second-order valence-corrected chi connectivity index (χ2v) is 3.47. The van der Waals surface area contributed by atoms with E-state index in [1.165, 1.54) is 0 Å². The molecule has 5 heteroatoms. The fraction of sp³-hybridized carbons (Fsp3) is 0.833. The normalized spacial score (nSPS) is 23.0. The van der Waals surface area contributed by atoms with Crippen LogP contribution >= 0.6 is 12.2 Å². The Labute approximate surface area is 100 Å². The number of hydrogen-bond acceptors (Lipinski definition) is 3. The van der Waals surface area contributed by atoms with Gasteiger partial charge in [-0.05, 0) is 12.8 Å². The standard InChI is InChI=1S/C6H11NOS2.Na/c8-4-5-2-1-3-7(5)6(9)10;/h5,8H,1-4H2,(H,9,10);/q;+1/p-1/t5-;/m1./s1. The summed E-state index contributed by atoms with van der Waals surface area (Å²) in [5.74, 6) is 0. The van der Waals surface area contributed by atoms with E-state index in [4.69, 9.17) is 30.0 Å². The molecule has 1 rings (SSSR count). The maximum Gasteiger partial charge on any atom is 1.00 e. The minimum absolute atomic E-state index is 0. The summed E-state index contributed by atoms with van der Waals surface area (Å²) in [5.41, 5.74) is 0. The van der Waals surface area contributed by atoms with Crippen molar-refractivity contribution < 1.29 is 34.7 Å². The molecule has 0 aromatic rings. The van der Waals surface area contributed by atoms with E-state index < -0.39 is 0 Å². The van der Waals surface area contributed by atoms with Gasteiger partial charge in [0.15, 0.2) is 0 Å². The fourth-order valence-corrected chi connectivity index (χ4v) is 1.75. The topological polar surface area (TPSA) is 23.5 Å². The summed E-state index contributed by atoms with van der Waals surface area (Å²) in [6.07, 6.45) is 2.12. The number of nitrogens with zero attached hydrogens (tertiary/aromatic N) is 1. The first-order valence-electron chi connectivity index (χ1n) is 3.34. The predicted octanol–water partition coefficient (Wildman–Crippen LogP) is -2.72.